The Morgan fingerprint density at radius 3 is 2.53 bits per heavy atom. The maximum Gasteiger partial charge on any atom is 0.224 e. The largest absolute Gasteiger partial charge is 0.494 e. The molecule has 5 nitrogen and oxygen atoms in total. The first kappa shape index (κ1) is 21.7. The number of ether oxygens (including phenoxy) is 1. The average molecular weight is 445 g/mol. The standard InChI is InChI=1S/C26H24N2O3S/c1-2-30-20-14-12-19(13-15-20)23-18-27-26(31-23)17-16-25(29)28-22-10-6-7-11-24(22)32-21-8-4-3-5-9-21/h3-15,18H,2,16-17H2,1H3,(H,28,29). The van der Waals surface area contributed by atoms with Crippen molar-refractivity contribution in [1.29, 1.82) is 0 Å². The maximum absolute atomic E-state index is 12.6. The lowest BCUT2D eigenvalue weighted by Gasteiger charge is -2.10. The van der Waals surface area contributed by atoms with E-state index >= 15 is 0 Å². The third-order valence-corrected chi connectivity index (χ3v) is 5.79. The number of anilines is 1. The second-order valence-electron chi connectivity index (χ2n) is 7.04. The summed E-state index contributed by atoms with van der Waals surface area (Å²) in [7, 11) is 0. The summed E-state index contributed by atoms with van der Waals surface area (Å²) in [5.74, 6) is 1.95. The van der Waals surface area contributed by atoms with E-state index in [-0.39, 0.29) is 12.3 Å². The van der Waals surface area contributed by atoms with E-state index in [0.29, 0.717) is 24.7 Å². The van der Waals surface area contributed by atoms with E-state index in [9.17, 15) is 4.79 Å². The van der Waals surface area contributed by atoms with Crippen molar-refractivity contribution < 1.29 is 13.9 Å². The van der Waals surface area contributed by atoms with Gasteiger partial charge in [0.1, 0.15) is 5.75 Å². The number of hydrogen-bond acceptors (Lipinski definition) is 5. The number of aromatic nitrogens is 1. The van der Waals surface area contributed by atoms with Crippen LogP contribution in [0.25, 0.3) is 11.3 Å². The second kappa shape index (κ2) is 10.7. The molecule has 1 heterocycles. The number of rotatable bonds is 9. The summed E-state index contributed by atoms with van der Waals surface area (Å²) >= 11 is 1.62. The summed E-state index contributed by atoms with van der Waals surface area (Å²) in [6.07, 6.45) is 2.40. The van der Waals surface area contributed by atoms with Crippen LogP contribution in [0.1, 0.15) is 19.2 Å². The van der Waals surface area contributed by atoms with Crippen LogP contribution in [0.15, 0.2) is 99.3 Å². The van der Waals surface area contributed by atoms with Gasteiger partial charge in [0.25, 0.3) is 0 Å². The lowest BCUT2D eigenvalue weighted by Crippen LogP contribution is -2.13. The van der Waals surface area contributed by atoms with Crippen LogP contribution in [0.3, 0.4) is 0 Å². The van der Waals surface area contributed by atoms with Crippen molar-refractivity contribution in [3.63, 3.8) is 0 Å². The third-order valence-electron chi connectivity index (χ3n) is 4.70. The van der Waals surface area contributed by atoms with Crippen LogP contribution in [-0.4, -0.2) is 17.5 Å². The smallest absolute Gasteiger partial charge is 0.224 e. The SMILES string of the molecule is CCOc1ccc(-c2cnc(CCC(=O)Nc3ccccc3Sc3ccccc3)o2)cc1. The number of benzene rings is 3. The molecule has 0 aliphatic heterocycles. The van der Waals surface area contributed by atoms with Crippen molar-refractivity contribution in [3.8, 4) is 17.1 Å². The van der Waals surface area contributed by atoms with Gasteiger partial charge < -0.3 is 14.5 Å². The van der Waals surface area contributed by atoms with Crippen molar-refractivity contribution in [2.24, 2.45) is 0 Å². The Bertz CT molecular complexity index is 1160. The van der Waals surface area contributed by atoms with Crippen molar-refractivity contribution in [2.45, 2.75) is 29.6 Å². The number of carbonyl (C=O) groups is 1. The molecule has 0 unspecified atom stereocenters. The molecule has 0 radical (unpaired) electrons. The summed E-state index contributed by atoms with van der Waals surface area (Å²) in [6.45, 7) is 2.58. The molecular weight excluding hydrogens is 420 g/mol. The first-order chi connectivity index (χ1) is 15.7. The predicted octanol–water partition coefficient (Wildman–Crippen LogP) is 6.46. The van der Waals surface area contributed by atoms with Crippen LogP contribution in [-0.2, 0) is 11.2 Å². The summed E-state index contributed by atoms with van der Waals surface area (Å²) in [5, 5.41) is 3.01. The monoisotopic (exact) mass is 444 g/mol. The zero-order valence-electron chi connectivity index (χ0n) is 17.8. The van der Waals surface area contributed by atoms with Gasteiger partial charge in [-0.2, -0.15) is 0 Å². The minimum absolute atomic E-state index is 0.0769. The number of carbonyl (C=O) groups excluding carboxylic acids is 1. The molecule has 1 aromatic heterocycles. The lowest BCUT2D eigenvalue weighted by atomic mass is 10.2. The fraction of sp³-hybridized carbons (Fsp3) is 0.154. The van der Waals surface area contributed by atoms with E-state index in [1.165, 1.54) is 0 Å². The van der Waals surface area contributed by atoms with Gasteiger partial charge in [0.15, 0.2) is 11.7 Å². The number of hydrogen-bond donors (Lipinski definition) is 1. The first-order valence-electron chi connectivity index (χ1n) is 10.5. The van der Waals surface area contributed by atoms with Gasteiger partial charge in [-0.3, -0.25) is 4.79 Å². The molecule has 0 atom stereocenters. The minimum Gasteiger partial charge on any atom is -0.494 e. The number of nitrogens with zero attached hydrogens (tertiary/aromatic N) is 1. The van der Waals surface area contributed by atoms with E-state index in [1.54, 1.807) is 18.0 Å². The number of para-hydroxylation sites is 1. The van der Waals surface area contributed by atoms with Crippen LogP contribution >= 0.6 is 11.8 Å². The maximum atomic E-state index is 12.6. The summed E-state index contributed by atoms with van der Waals surface area (Å²) in [5.41, 5.74) is 1.72. The Kier molecular flexibility index (Phi) is 7.25. The average Bonchev–Trinajstić information content (AvgIpc) is 3.30. The van der Waals surface area contributed by atoms with Gasteiger partial charge in [-0.25, -0.2) is 4.98 Å². The number of nitrogens with one attached hydrogen (secondary N) is 1. The van der Waals surface area contributed by atoms with Crippen LogP contribution < -0.4 is 10.1 Å². The Labute approximate surface area is 191 Å². The fourth-order valence-electron chi connectivity index (χ4n) is 3.15. The Balaban J connectivity index is 1.34. The van der Waals surface area contributed by atoms with Gasteiger partial charge >= 0.3 is 0 Å². The van der Waals surface area contributed by atoms with Crippen LogP contribution in [0.5, 0.6) is 5.75 Å². The molecule has 1 N–H and O–H groups in total. The van der Waals surface area contributed by atoms with Gasteiger partial charge in [0.05, 0.1) is 18.5 Å². The Hall–Kier alpha value is -3.51. The normalized spacial score (nSPS) is 10.7. The molecule has 32 heavy (non-hydrogen) atoms. The molecule has 0 bridgehead atoms. The summed E-state index contributed by atoms with van der Waals surface area (Å²) in [6, 6.07) is 25.6. The highest BCUT2D eigenvalue weighted by Gasteiger charge is 2.11. The lowest BCUT2D eigenvalue weighted by molar-refractivity contribution is -0.116. The molecule has 0 spiro atoms. The molecule has 0 aliphatic rings. The van der Waals surface area contributed by atoms with E-state index in [0.717, 1.165) is 26.8 Å². The Morgan fingerprint density at radius 2 is 1.75 bits per heavy atom. The van der Waals surface area contributed by atoms with E-state index < -0.39 is 0 Å². The van der Waals surface area contributed by atoms with Crippen molar-refractivity contribution in [2.75, 3.05) is 11.9 Å². The summed E-state index contributed by atoms with van der Waals surface area (Å²) < 4.78 is 11.3. The molecule has 0 saturated carbocycles. The number of aryl methyl sites for hydroxylation is 1. The quantitative estimate of drug-likeness (QED) is 0.321. The van der Waals surface area contributed by atoms with Crippen LogP contribution in [0.4, 0.5) is 5.69 Å². The van der Waals surface area contributed by atoms with Gasteiger partial charge in [0, 0.05) is 28.2 Å². The molecule has 6 heteroatoms. The van der Waals surface area contributed by atoms with Crippen molar-refractivity contribution >= 4 is 23.4 Å². The highest BCUT2D eigenvalue weighted by atomic mass is 32.2. The number of amides is 1. The van der Waals surface area contributed by atoms with Crippen LogP contribution in [0, 0.1) is 0 Å². The molecule has 162 valence electrons. The summed E-state index contributed by atoms with van der Waals surface area (Å²) in [4.78, 5) is 19.0. The van der Waals surface area contributed by atoms with Crippen molar-refractivity contribution in [3.05, 3.63) is 91.0 Å². The number of oxazole rings is 1. The van der Waals surface area contributed by atoms with E-state index in [1.807, 2.05) is 85.8 Å². The Morgan fingerprint density at radius 1 is 1.00 bits per heavy atom. The first-order valence-corrected chi connectivity index (χ1v) is 11.3. The van der Waals surface area contributed by atoms with Gasteiger partial charge in [-0.05, 0) is 55.5 Å². The van der Waals surface area contributed by atoms with Gasteiger partial charge in [0.2, 0.25) is 5.91 Å². The predicted molar refractivity (Wildman–Crippen MR) is 127 cm³/mol. The van der Waals surface area contributed by atoms with E-state index in [2.05, 4.69) is 10.3 Å². The van der Waals surface area contributed by atoms with Crippen molar-refractivity contribution in [1.82, 2.24) is 4.98 Å². The molecule has 0 fully saturated rings. The van der Waals surface area contributed by atoms with Gasteiger partial charge in [-0.15, -0.1) is 0 Å². The second-order valence-corrected chi connectivity index (χ2v) is 8.15. The van der Waals surface area contributed by atoms with Gasteiger partial charge in [-0.1, -0.05) is 42.1 Å². The molecule has 4 aromatic rings. The topological polar surface area (TPSA) is 64.4 Å². The highest BCUT2D eigenvalue weighted by Crippen LogP contribution is 2.33. The molecule has 0 aliphatic carbocycles. The molecule has 0 saturated heterocycles. The molecular formula is C26H24N2O3S. The zero-order valence-corrected chi connectivity index (χ0v) is 18.6. The molecule has 4 rings (SSSR count). The van der Waals surface area contributed by atoms with E-state index in [4.69, 9.17) is 9.15 Å². The van der Waals surface area contributed by atoms with Crippen LogP contribution in [0.2, 0.25) is 0 Å². The zero-order chi connectivity index (χ0) is 22.2. The molecule has 1 amide bonds. The molecule has 3 aromatic carbocycles. The third kappa shape index (κ3) is 5.80. The highest BCUT2D eigenvalue weighted by molar-refractivity contribution is 7.99. The fourth-order valence-corrected chi connectivity index (χ4v) is 4.07. The minimum atomic E-state index is -0.0769.